The molecule has 1 aliphatic rings. The molecule has 0 fully saturated rings. The van der Waals surface area contributed by atoms with E-state index in [1.165, 1.54) is 0 Å². The van der Waals surface area contributed by atoms with Crippen LogP contribution in [0.3, 0.4) is 0 Å². The molecule has 10 heavy (non-hydrogen) atoms. The van der Waals surface area contributed by atoms with Crippen molar-refractivity contribution in [2.24, 2.45) is 5.73 Å². The maximum atomic E-state index is 9.18. The molecule has 1 unspecified atom stereocenters. The fraction of sp³-hybridized carbons (Fsp3) is 0.714. The topological polar surface area (TPSA) is 55.5 Å². The molecule has 0 saturated carbocycles. The molecule has 3 N–H and O–H groups in total. The zero-order valence-electron chi connectivity index (χ0n) is 6.08. The Balaban J connectivity index is 2.52. The SMILES string of the molecule is CC1OC(CN)=CC[C@H]1O. The molecule has 0 aliphatic carbocycles. The lowest BCUT2D eigenvalue weighted by Crippen LogP contribution is -2.30. The standard InChI is InChI=1S/C7H13NO2/c1-5-7(9)3-2-6(4-8)10-5/h2,5,7,9H,3-4,8H2,1H3/t5?,7-/m1/s1. The van der Waals surface area contributed by atoms with E-state index in [2.05, 4.69) is 0 Å². The number of nitrogens with two attached hydrogens (primary N) is 1. The van der Waals surface area contributed by atoms with E-state index in [1.54, 1.807) is 0 Å². The first-order valence-corrected chi connectivity index (χ1v) is 3.48. The van der Waals surface area contributed by atoms with Gasteiger partial charge in [-0.2, -0.15) is 0 Å². The van der Waals surface area contributed by atoms with Crippen LogP contribution < -0.4 is 5.73 Å². The summed E-state index contributed by atoms with van der Waals surface area (Å²) < 4.78 is 5.23. The summed E-state index contributed by atoms with van der Waals surface area (Å²) in [7, 11) is 0. The molecule has 0 saturated heterocycles. The number of rotatable bonds is 1. The van der Waals surface area contributed by atoms with Gasteiger partial charge in [-0.3, -0.25) is 0 Å². The van der Waals surface area contributed by atoms with E-state index in [0.29, 0.717) is 13.0 Å². The summed E-state index contributed by atoms with van der Waals surface area (Å²) in [5.74, 6) is 0.790. The quantitative estimate of drug-likeness (QED) is 0.543. The molecule has 3 heteroatoms. The third-order valence-corrected chi connectivity index (χ3v) is 1.67. The van der Waals surface area contributed by atoms with E-state index >= 15 is 0 Å². The Morgan fingerprint density at radius 2 is 2.60 bits per heavy atom. The zero-order chi connectivity index (χ0) is 7.56. The molecule has 0 aromatic carbocycles. The van der Waals surface area contributed by atoms with Crippen molar-refractivity contribution in [1.29, 1.82) is 0 Å². The monoisotopic (exact) mass is 143 g/mol. The Morgan fingerprint density at radius 3 is 3.10 bits per heavy atom. The fourth-order valence-corrected chi connectivity index (χ4v) is 0.941. The lowest BCUT2D eigenvalue weighted by atomic mass is 10.1. The van der Waals surface area contributed by atoms with Gasteiger partial charge in [0.15, 0.2) is 0 Å². The normalized spacial score (nSPS) is 32.9. The predicted octanol–water partition coefficient (Wildman–Crippen LogP) is -0.00130. The van der Waals surface area contributed by atoms with Crippen LogP contribution >= 0.6 is 0 Å². The van der Waals surface area contributed by atoms with Crippen LogP contribution in [0.1, 0.15) is 13.3 Å². The fourth-order valence-electron chi connectivity index (χ4n) is 0.941. The molecule has 0 aromatic heterocycles. The van der Waals surface area contributed by atoms with Crippen molar-refractivity contribution in [3.8, 4) is 0 Å². The van der Waals surface area contributed by atoms with Gasteiger partial charge in [-0.15, -0.1) is 0 Å². The zero-order valence-corrected chi connectivity index (χ0v) is 6.08. The summed E-state index contributed by atoms with van der Waals surface area (Å²) in [5.41, 5.74) is 5.34. The van der Waals surface area contributed by atoms with E-state index in [-0.39, 0.29) is 12.2 Å². The van der Waals surface area contributed by atoms with Gasteiger partial charge in [0.25, 0.3) is 0 Å². The molecule has 0 bridgehead atoms. The van der Waals surface area contributed by atoms with Crippen molar-refractivity contribution in [1.82, 2.24) is 0 Å². The van der Waals surface area contributed by atoms with Gasteiger partial charge in [0.05, 0.1) is 12.6 Å². The second-order valence-electron chi connectivity index (χ2n) is 2.50. The van der Waals surface area contributed by atoms with Gasteiger partial charge in [-0.05, 0) is 19.4 Å². The van der Waals surface area contributed by atoms with Gasteiger partial charge in [-0.25, -0.2) is 0 Å². The van der Waals surface area contributed by atoms with E-state index in [0.717, 1.165) is 5.76 Å². The second kappa shape index (κ2) is 3.03. The second-order valence-corrected chi connectivity index (χ2v) is 2.50. The lowest BCUT2D eigenvalue weighted by molar-refractivity contribution is -0.00540. The largest absolute Gasteiger partial charge is 0.491 e. The van der Waals surface area contributed by atoms with Crippen LogP contribution in [0.4, 0.5) is 0 Å². The Morgan fingerprint density at radius 1 is 1.90 bits per heavy atom. The first-order chi connectivity index (χ1) is 4.74. The Labute approximate surface area is 60.5 Å². The van der Waals surface area contributed by atoms with Crippen molar-refractivity contribution in [3.63, 3.8) is 0 Å². The summed E-state index contributed by atoms with van der Waals surface area (Å²) >= 11 is 0. The van der Waals surface area contributed by atoms with E-state index < -0.39 is 0 Å². The molecule has 0 amide bonds. The van der Waals surface area contributed by atoms with Crippen molar-refractivity contribution >= 4 is 0 Å². The van der Waals surface area contributed by atoms with Gasteiger partial charge in [0.1, 0.15) is 11.9 Å². The Kier molecular flexibility index (Phi) is 2.29. The molecule has 58 valence electrons. The van der Waals surface area contributed by atoms with Gasteiger partial charge in [0.2, 0.25) is 0 Å². The Hall–Kier alpha value is -0.540. The van der Waals surface area contributed by atoms with Crippen molar-refractivity contribution < 1.29 is 9.84 Å². The minimum atomic E-state index is -0.365. The summed E-state index contributed by atoms with van der Waals surface area (Å²) in [6.45, 7) is 2.27. The number of hydrogen-bond acceptors (Lipinski definition) is 3. The van der Waals surface area contributed by atoms with Crippen molar-refractivity contribution in [2.45, 2.75) is 25.6 Å². The maximum Gasteiger partial charge on any atom is 0.122 e. The average molecular weight is 143 g/mol. The summed E-state index contributed by atoms with van der Waals surface area (Å²) in [4.78, 5) is 0. The molecule has 2 atom stereocenters. The molecule has 1 heterocycles. The third-order valence-electron chi connectivity index (χ3n) is 1.67. The molecule has 1 aliphatic heterocycles. The molecule has 1 rings (SSSR count). The lowest BCUT2D eigenvalue weighted by Gasteiger charge is -2.25. The van der Waals surface area contributed by atoms with E-state index in [4.69, 9.17) is 10.5 Å². The first-order valence-electron chi connectivity index (χ1n) is 3.48. The van der Waals surface area contributed by atoms with Crippen LogP contribution in [0.15, 0.2) is 11.8 Å². The number of aliphatic hydroxyl groups excluding tert-OH is 1. The summed E-state index contributed by atoms with van der Waals surface area (Å²) in [6.07, 6.45) is 2.03. The minimum absolute atomic E-state index is 0.108. The molecule has 3 nitrogen and oxygen atoms in total. The maximum absolute atomic E-state index is 9.18. The highest BCUT2D eigenvalue weighted by atomic mass is 16.5. The van der Waals surface area contributed by atoms with Gasteiger partial charge in [-0.1, -0.05) is 0 Å². The summed E-state index contributed by atoms with van der Waals surface area (Å²) in [5, 5.41) is 9.18. The molecule has 0 radical (unpaired) electrons. The number of ether oxygens (including phenoxy) is 1. The van der Waals surface area contributed by atoms with Crippen LogP contribution in [0.5, 0.6) is 0 Å². The molecular weight excluding hydrogens is 130 g/mol. The van der Waals surface area contributed by atoms with Crippen LogP contribution in [-0.4, -0.2) is 23.9 Å². The molecule has 0 aromatic rings. The first kappa shape index (κ1) is 7.57. The molecular formula is C7H13NO2. The minimum Gasteiger partial charge on any atom is -0.491 e. The van der Waals surface area contributed by atoms with Crippen LogP contribution in [0.25, 0.3) is 0 Å². The number of aliphatic hydroxyl groups is 1. The average Bonchev–Trinajstić information content (AvgIpc) is 1.95. The predicted molar refractivity (Wildman–Crippen MR) is 38.3 cm³/mol. The van der Waals surface area contributed by atoms with E-state index in [9.17, 15) is 5.11 Å². The smallest absolute Gasteiger partial charge is 0.122 e. The molecule has 0 spiro atoms. The van der Waals surface area contributed by atoms with Crippen molar-refractivity contribution in [3.05, 3.63) is 11.8 Å². The highest BCUT2D eigenvalue weighted by Gasteiger charge is 2.19. The highest BCUT2D eigenvalue weighted by molar-refractivity contribution is 5.01. The van der Waals surface area contributed by atoms with Crippen LogP contribution in [-0.2, 0) is 4.74 Å². The van der Waals surface area contributed by atoms with Crippen LogP contribution in [0.2, 0.25) is 0 Å². The van der Waals surface area contributed by atoms with Crippen molar-refractivity contribution in [2.75, 3.05) is 6.54 Å². The third kappa shape index (κ3) is 1.49. The highest BCUT2D eigenvalue weighted by Crippen LogP contribution is 2.15. The van der Waals surface area contributed by atoms with E-state index in [1.807, 2.05) is 13.0 Å². The van der Waals surface area contributed by atoms with Gasteiger partial charge in [0, 0.05) is 0 Å². The van der Waals surface area contributed by atoms with Gasteiger partial charge < -0.3 is 15.6 Å². The Bertz CT molecular complexity index is 145. The van der Waals surface area contributed by atoms with Gasteiger partial charge >= 0.3 is 0 Å². The van der Waals surface area contributed by atoms with Crippen LogP contribution in [0, 0.1) is 0 Å². The summed E-state index contributed by atoms with van der Waals surface area (Å²) in [6, 6.07) is 0. The number of hydrogen-bond donors (Lipinski definition) is 2.